The Bertz CT molecular complexity index is 2820. The van der Waals surface area contributed by atoms with Gasteiger partial charge in [-0.15, -0.1) is 11.3 Å². The highest BCUT2D eigenvalue weighted by Crippen LogP contribution is 2.45. The van der Waals surface area contributed by atoms with Crippen LogP contribution in [0.1, 0.15) is 0 Å². The first-order chi connectivity index (χ1) is 23.3. The van der Waals surface area contributed by atoms with Crippen molar-refractivity contribution >= 4 is 92.1 Å². The second kappa shape index (κ2) is 10.3. The van der Waals surface area contributed by atoms with E-state index in [0.29, 0.717) is 0 Å². The van der Waals surface area contributed by atoms with Gasteiger partial charge in [0.25, 0.3) is 0 Å². The number of fused-ring (bicyclic) bond motifs is 9. The zero-order valence-electron chi connectivity index (χ0n) is 25.4. The molecule has 47 heavy (non-hydrogen) atoms. The van der Waals surface area contributed by atoms with Crippen LogP contribution in [0.5, 0.6) is 0 Å². The van der Waals surface area contributed by atoms with Gasteiger partial charge in [-0.1, -0.05) is 103 Å². The van der Waals surface area contributed by atoms with E-state index in [-0.39, 0.29) is 0 Å². The Kier molecular flexibility index (Phi) is 5.78. The molecule has 220 valence electrons. The molecule has 0 aliphatic rings. The number of furan rings is 1. The first kappa shape index (κ1) is 26.3. The van der Waals surface area contributed by atoms with Crippen LogP contribution in [0.4, 0.5) is 17.1 Å². The standard InChI is InChI=1S/C44H27NOS/c1-2-11-30-25-34(22-19-28(30)9-1)45(39-16-8-17-40-43(39)37-23-20-29-10-3-4-14-35(29)44(37)46-40)33-13-7-12-31(26-33)32-21-24-42-38(27-32)36-15-5-6-18-41(36)47-42/h1-27H. The summed E-state index contributed by atoms with van der Waals surface area (Å²) in [5.41, 5.74) is 7.47. The number of benzene rings is 8. The summed E-state index contributed by atoms with van der Waals surface area (Å²) in [6, 6.07) is 59.1. The molecular formula is C44H27NOS. The van der Waals surface area contributed by atoms with Gasteiger partial charge >= 0.3 is 0 Å². The van der Waals surface area contributed by atoms with Gasteiger partial charge < -0.3 is 9.32 Å². The number of hydrogen-bond acceptors (Lipinski definition) is 3. The molecule has 10 rings (SSSR count). The van der Waals surface area contributed by atoms with Crippen LogP contribution >= 0.6 is 11.3 Å². The summed E-state index contributed by atoms with van der Waals surface area (Å²) in [7, 11) is 0. The van der Waals surface area contributed by atoms with E-state index in [1.807, 2.05) is 11.3 Å². The average Bonchev–Trinajstić information content (AvgIpc) is 3.71. The van der Waals surface area contributed by atoms with Crippen molar-refractivity contribution in [2.24, 2.45) is 0 Å². The van der Waals surface area contributed by atoms with Crippen LogP contribution in [0.2, 0.25) is 0 Å². The van der Waals surface area contributed by atoms with Gasteiger partial charge in [-0.05, 0) is 87.9 Å². The molecule has 0 saturated carbocycles. The third kappa shape index (κ3) is 4.17. The van der Waals surface area contributed by atoms with Gasteiger partial charge in [-0.2, -0.15) is 0 Å². The monoisotopic (exact) mass is 617 g/mol. The lowest BCUT2D eigenvalue weighted by molar-refractivity contribution is 0.672. The molecule has 0 amide bonds. The quantitative estimate of drug-likeness (QED) is 0.195. The summed E-state index contributed by atoms with van der Waals surface area (Å²) in [6.07, 6.45) is 0. The van der Waals surface area contributed by atoms with Crippen LogP contribution in [-0.2, 0) is 0 Å². The lowest BCUT2D eigenvalue weighted by Crippen LogP contribution is -2.10. The van der Waals surface area contributed by atoms with Crippen molar-refractivity contribution in [1.82, 2.24) is 0 Å². The Hall–Kier alpha value is -5.90. The highest BCUT2D eigenvalue weighted by Gasteiger charge is 2.21. The molecule has 0 spiro atoms. The molecular weight excluding hydrogens is 591 g/mol. The van der Waals surface area contributed by atoms with E-state index in [1.165, 1.54) is 47.5 Å². The van der Waals surface area contributed by atoms with Crippen LogP contribution in [-0.4, -0.2) is 0 Å². The second-order valence-electron chi connectivity index (χ2n) is 12.1. The lowest BCUT2D eigenvalue weighted by Gasteiger charge is -2.27. The second-order valence-corrected chi connectivity index (χ2v) is 13.2. The largest absolute Gasteiger partial charge is 0.455 e. The summed E-state index contributed by atoms with van der Waals surface area (Å²) in [5, 5.41) is 9.58. The fourth-order valence-electron chi connectivity index (χ4n) is 7.19. The topological polar surface area (TPSA) is 16.4 Å². The zero-order chi connectivity index (χ0) is 30.9. The molecule has 0 radical (unpaired) electrons. The van der Waals surface area contributed by atoms with Crippen molar-refractivity contribution in [1.29, 1.82) is 0 Å². The zero-order valence-corrected chi connectivity index (χ0v) is 26.2. The molecule has 0 aliphatic carbocycles. The Labute approximate surface area is 275 Å². The van der Waals surface area contributed by atoms with E-state index in [4.69, 9.17) is 4.42 Å². The minimum absolute atomic E-state index is 0.880. The van der Waals surface area contributed by atoms with E-state index in [2.05, 4.69) is 169 Å². The lowest BCUT2D eigenvalue weighted by atomic mass is 10.0. The highest BCUT2D eigenvalue weighted by atomic mass is 32.1. The summed E-state index contributed by atoms with van der Waals surface area (Å²) < 4.78 is 9.27. The van der Waals surface area contributed by atoms with Crippen molar-refractivity contribution in [3.63, 3.8) is 0 Å². The molecule has 0 aliphatic heterocycles. The van der Waals surface area contributed by atoms with Gasteiger partial charge in [-0.25, -0.2) is 0 Å². The summed E-state index contributed by atoms with van der Waals surface area (Å²) in [5.74, 6) is 0. The number of hydrogen-bond donors (Lipinski definition) is 0. The minimum Gasteiger partial charge on any atom is -0.455 e. The summed E-state index contributed by atoms with van der Waals surface area (Å²) in [4.78, 5) is 2.39. The fraction of sp³-hybridized carbons (Fsp3) is 0. The van der Waals surface area contributed by atoms with E-state index in [9.17, 15) is 0 Å². The first-order valence-electron chi connectivity index (χ1n) is 15.9. The third-order valence-electron chi connectivity index (χ3n) is 9.41. The Balaban J connectivity index is 1.21. The number of anilines is 3. The Morgan fingerprint density at radius 3 is 2.09 bits per heavy atom. The van der Waals surface area contributed by atoms with Crippen molar-refractivity contribution in [2.75, 3.05) is 4.90 Å². The van der Waals surface area contributed by atoms with Gasteiger partial charge in [0.05, 0.1) is 11.1 Å². The highest BCUT2D eigenvalue weighted by molar-refractivity contribution is 7.25. The molecule has 2 aromatic heterocycles. The fourth-order valence-corrected chi connectivity index (χ4v) is 8.28. The summed E-state index contributed by atoms with van der Waals surface area (Å²) in [6.45, 7) is 0. The first-order valence-corrected chi connectivity index (χ1v) is 16.7. The Morgan fingerprint density at radius 1 is 0.426 bits per heavy atom. The molecule has 0 unspecified atom stereocenters. The molecule has 2 nitrogen and oxygen atoms in total. The summed E-state index contributed by atoms with van der Waals surface area (Å²) >= 11 is 1.86. The predicted molar refractivity (Wildman–Crippen MR) is 202 cm³/mol. The van der Waals surface area contributed by atoms with Crippen molar-refractivity contribution in [3.8, 4) is 11.1 Å². The maximum atomic E-state index is 6.63. The smallest absolute Gasteiger partial charge is 0.143 e. The van der Waals surface area contributed by atoms with Crippen LogP contribution < -0.4 is 4.90 Å². The molecule has 3 heteroatoms. The maximum Gasteiger partial charge on any atom is 0.143 e. The van der Waals surface area contributed by atoms with E-state index < -0.39 is 0 Å². The van der Waals surface area contributed by atoms with E-state index in [0.717, 1.165) is 44.4 Å². The SMILES string of the molecule is c1cc(-c2ccc3sc4ccccc4c3c2)cc(N(c2ccc3ccccc3c2)c2cccc3oc4c5ccccc5ccc4c23)c1. The molecule has 0 N–H and O–H groups in total. The molecule has 8 aromatic carbocycles. The van der Waals surface area contributed by atoms with Gasteiger partial charge in [0.15, 0.2) is 0 Å². The average molecular weight is 618 g/mol. The predicted octanol–water partition coefficient (Wildman–Crippen LogP) is 13.4. The normalized spacial score (nSPS) is 11.8. The molecule has 0 bridgehead atoms. The van der Waals surface area contributed by atoms with Crippen LogP contribution in [0.25, 0.3) is 74.8 Å². The van der Waals surface area contributed by atoms with Crippen molar-refractivity contribution in [3.05, 3.63) is 164 Å². The van der Waals surface area contributed by atoms with E-state index >= 15 is 0 Å². The number of nitrogens with zero attached hydrogens (tertiary/aromatic N) is 1. The number of thiophene rings is 1. The van der Waals surface area contributed by atoms with Crippen molar-refractivity contribution in [2.45, 2.75) is 0 Å². The molecule has 10 aromatic rings. The maximum absolute atomic E-state index is 6.63. The van der Waals surface area contributed by atoms with Gasteiger partial charge in [-0.3, -0.25) is 0 Å². The van der Waals surface area contributed by atoms with Gasteiger partial charge in [0.2, 0.25) is 0 Å². The molecule has 0 fully saturated rings. The van der Waals surface area contributed by atoms with Crippen LogP contribution in [0.15, 0.2) is 168 Å². The van der Waals surface area contributed by atoms with Crippen LogP contribution in [0.3, 0.4) is 0 Å². The number of rotatable bonds is 4. The van der Waals surface area contributed by atoms with E-state index in [1.54, 1.807) is 0 Å². The molecule has 0 saturated heterocycles. The van der Waals surface area contributed by atoms with Crippen LogP contribution in [0, 0.1) is 0 Å². The van der Waals surface area contributed by atoms with Gasteiger partial charge in [0.1, 0.15) is 11.2 Å². The van der Waals surface area contributed by atoms with Gasteiger partial charge in [0, 0.05) is 42.3 Å². The molecule has 0 atom stereocenters. The Morgan fingerprint density at radius 2 is 1.15 bits per heavy atom. The third-order valence-corrected chi connectivity index (χ3v) is 10.6. The molecule has 2 heterocycles. The minimum atomic E-state index is 0.880. The van der Waals surface area contributed by atoms with Crippen molar-refractivity contribution < 1.29 is 4.42 Å².